The predicted octanol–water partition coefficient (Wildman–Crippen LogP) is 4.23. The Morgan fingerprint density at radius 1 is 1.22 bits per heavy atom. The summed E-state index contributed by atoms with van der Waals surface area (Å²) in [6, 6.07) is 9.78. The van der Waals surface area contributed by atoms with Crippen LogP contribution in [0, 0.1) is 6.92 Å². The lowest BCUT2D eigenvalue weighted by molar-refractivity contribution is -0.148. The molecule has 0 spiro atoms. The van der Waals surface area contributed by atoms with Gasteiger partial charge >= 0.3 is 5.97 Å². The summed E-state index contributed by atoms with van der Waals surface area (Å²) in [5.41, 5.74) is 1.26. The summed E-state index contributed by atoms with van der Waals surface area (Å²) in [6.07, 6.45) is 1.08. The van der Waals surface area contributed by atoms with E-state index in [0.717, 1.165) is 27.8 Å². The van der Waals surface area contributed by atoms with E-state index in [9.17, 15) is 4.79 Å². The molecule has 27 heavy (non-hydrogen) atoms. The Labute approximate surface area is 160 Å². The maximum absolute atomic E-state index is 11.9. The standard InChI is InChI=1S/C22H26O5/c1-6-11-25-13-17(27-22(23)15(2)3)14-26-21-16(4)12-20(24-5)18-9-7-8-10-19(18)21/h6-10,12,17H,1-2,11,13-14H2,3-5H3. The van der Waals surface area contributed by atoms with Crippen LogP contribution in [0.1, 0.15) is 12.5 Å². The third-order valence-corrected chi connectivity index (χ3v) is 3.94. The van der Waals surface area contributed by atoms with E-state index in [1.54, 1.807) is 20.1 Å². The lowest BCUT2D eigenvalue weighted by Crippen LogP contribution is -2.30. The number of rotatable bonds is 10. The first kappa shape index (κ1) is 20.5. The molecule has 0 aliphatic heterocycles. The van der Waals surface area contributed by atoms with Gasteiger partial charge in [-0.3, -0.25) is 0 Å². The van der Waals surface area contributed by atoms with Crippen molar-refractivity contribution in [2.24, 2.45) is 0 Å². The highest BCUT2D eigenvalue weighted by Gasteiger charge is 2.18. The summed E-state index contributed by atoms with van der Waals surface area (Å²) < 4.78 is 22.4. The molecule has 5 nitrogen and oxygen atoms in total. The first-order valence-corrected chi connectivity index (χ1v) is 8.72. The predicted molar refractivity (Wildman–Crippen MR) is 106 cm³/mol. The van der Waals surface area contributed by atoms with Gasteiger partial charge < -0.3 is 18.9 Å². The number of methoxy groups -OCH3 is 1. The zero-order chi connectivity index (χ0) is 19.8. The number of benzene rings is 2. The van der Waals surface area contributed by atoms with Crippen molar-refractivity contribution in [3.05, 3.63) is 60.7 Å². The van der Waals surface area contributed by atoms with Gasteiger partial charge in [0.05, 0.1) is 20.3 Å². The third-order valence-electron chi connectivity index (χ3n) is 3.94. The minimum atomic E-state index is -0.561. The minimum absolute atomic E-state index is 0.160. The number of esters is 1. The van der Waals surface area contributed by atoms with Gasteiger partial charge in [0.15, 0.2) is 6.10 Å². The molecule has 2 aromatic carbocycles. The van der Waals surface area contributed by atoms with Crippen LogP contribution < -0.4 is 9.47 Å². The van der Waals surface area contributed by atoms with Gasteiger partial charge in [-0.2, -0.15) is 0 Å². The topological polar surface area (TPSA) is 54.0 Å². The fourth-order valence-corrected chi connectivity index (χ4v) is 2.64. The number of carbonyl (C=O) groups excluding carboxylic acids is 1. The summed E-state index contributed by atoms with van der Waals surface area (Å²) in [5.74, 6) is 1.05. The van der Waals surface area contributed by atoms with Crippen molar-refractivity contribution in [1.29, 1.82) is 0 Å². The summed E-state index contributed by atoms with van der Waals surface area (Å²) in [5, 5.41) is 1.89. The molecule has 0 saturated heterocycles. The molecule has 0 aliphatic rings. The van der Waals surface area contributed by atoms with Crippen molar-refractivity contribution in [3.8, 4) is 11.5 Å². The Morgan fingerprint density at radius 3 is 2.56 bits per heavy atom. The molecule has 0 N–H and O–H groups in total. The molecule has 1 atom stereocenters. The second-order valence-electron chi connectivity index (χ2n) is 6.22. The van der Waals surface area contributed by atoms with E-state index in [1.165, 1.54) is 0 Å². The molecule has 0 heterocycles. The van der Waals surface area contributed by atoms with Gasteiger partial charge in [-0.05, 0) is 25.5 Å². The molecular formula is C22H26O5. The molecule has 1 unspecified atom stereocenters. The third kappa shape index (κ3) is 5.34. The normalized spacial score (nSPS) is 11.7. The Balaban J connectivity index is 2.22. The number of ether oxygens (including phenoxy) is 4. The van der Waals surface area contributed by atoms with Gasteiger partial charge in [0.1, 0.15) is 18.1 Å². The summed E-state index contributed by atoms with van der Waals surface area (Å²) >= 11 is 0. The molecule has 0 fully saturated rings. The Hall–Kier alpha value is -2.79. The van der Waals surface area contributed by atoms with Crippen molar-refractivity contribution in [2.75, 3.05) is 26.9 Å². The zero-order valence-corrected chi connectivity index (χ0v) is 16.1. The fourth-order valence-electron chi connectivity index (χ4n) is 2.64. The quantitative estimate of drug-likeness (QED) is 0.271. The van der Waals surface area contributed by atoms with Gasteiger partial charge in [-0.1, -0.05) is 36.9 Å². The molecule has 2 rings (SSSR count). The molecule has 5 heteroatoms. The van der Waals surface area contributed by atoms with Crippen LogP contribution >= 0.6 is 0 Å². The minimum Gasteiger partial charge on any atom is -0.496 e. The summed E-state index contributed by atoms with van der Waals surface area (Å²) in [7, 11) is 1.64. The smallest absolute Gasteiger partial charge is 0.333 e. The highest BCUT2D eigenvalue weighted by molar-refractivity contribution is 5.94. The van der Waals surface area contributed by atoms with Crippen molar-refractivity contribution < 1.29 is 23.7 Å². The number of fused-ring (bicyclic) bond motifs is 1. The highest BCUT2D eigenvalue weighted by atomic mass is 16.6. The van der Waals surface area contributed by atoms with Crippen molar-refractivity contribution in [1.82, 2.24) is 0 Å². The second kappa shape index (κ2) is 9.78. The van der Waals surface area contributed by atoms with Gasteiger partial charge in [0.25, 0.3) is 0 Å². The van der Waals surface area contributed by atoms with Crippen molar-refractivity contribution in [3.63, 3.8) is 0 Å². The molecular weight excluding hydrogens is 344 g/mol. The van der Waals surface area contributed by atoms with Crippen LogP contribution in [0.25, 0.3) is 10.8 Å². The van der Waals surface area contributed by atoms with Gasteiger partial charge in [0.2, 0.25) is 0 Å². The summed E-state index contributed by atoms with van der Waals surface area (Å²) in [6.45, 7) is 11.5. The van der Waals surface area contributed by atoms with E-state index < -0.39 is 12.1 Å². The van der Waals surface area contributed by atoms with Crippen LogP contribution in [0.5, 0.6) is 11.5 Å². The number of hydrogen-bond donors (Lipinski definition) is 0. The van der Waals surface area contributed by atoms with E-state index in [2.05, 4.69) is 13.2 Å². The SMILES string of the molecule is C=CCOCC(COc1c(C)cc(OC)c2ccccc12)OC(=O)C(=C)C. The van der Waals surface area contributed by atoms with Crippen LogP contribution in [0.4, 0.5) is 0 Å². The van der Waals surface area contributed by atoms with Crippen LogP contribution in [0.15, 0.2) is 55.1 Å². The van der Waals surface area contributed by atoms with Crippen LogP contribution in [-0.4, -0.2) is 39.0 Å². The first-order chi connectivity index (χ1) is 13.0. The molecule has 0 radical (unpaired) electrons. The van der Waals surface area contributed by atoms with Gasteiger partial charge in [-0.15, -0.1) is 6.58 Å². The maximum atomic E-state index is 11.9. The first-order valence-electron chi connectivity index (χ1n) is 8.72. The number of hydrogen-bond acceptors (Lipinski definition) is 5. The average molecular weight is 370 g/mol. The Kier molecular flexibility index (Phi) is 7.44. The Bertz CT molecular complexity index is 825. The van der Waals surface area contributed by atoms with Crippen LogP contribution in [-0.2, 0) is 14.3 Å². The lowest BCUT2D eigenvalue weighted by atomic mass is 10.0. The van der Waals surface area contributed by atoms with E-state index in [0.29, 0.717) is 12.2 Å². The van der Waals surface area contributed by atoms with E-state index in [4.69, 9.17) is 18.9 Å². The number of aryl methyl sites for hydroxylation is 1. The monoisotopic (exact) mass is 370 g/mol. The second-order valence-corrected chi connectivity index (χ2v) is 6.22. The fraction of sp³-hybridized carbons (Fsp3) is 0.318. The molecule has 2 aromatic rings. The summed E-state index contributed by atoms with van der Waals surface area (Å²) in [4.78, 5) is 11.9. The van der Waals surface area contributed by atoms with E-state index >= 15 is 0 Å². The molecule has 0 saturated carbocycles. The van der Waals surface area contributed by atoms with Crippen LogP contribution in [0.3, 0.4) is 0 Å². The molecule has 144 valence electrons. The highest BCUT2D eigenvalue weighted by Crippen LogP contribution is 2.36. The molecule has 0 amide bonds. The molecule has 0 aromatic heterocycles. The van der Waals surface area contributed by atoms with Gasteiger partial charge in [0, 0.05) is 16.3 Å². The van der Waals surface area contributed by atoms with Crippen molar-refractivity contribution >= 4 is 16.7 Å². The average Bonchev–Trinajstić information content (AvgIpc) is 2.66. The van der Waals surface area contributed by atoms with E-state index in [1.807, 2.05) is 37.3 Å². The molecule has 0 aliphatic carbocycles. The van der Waals surface area contributed by atoms with Gasteiger partial charge in [-0.25, -0.2) is 4.79 Å². The zero-order valence-electron chi connectivity index (χ0n) is 16.1. The van der Waals surface area contributed by atoms with Crippen molar-refractivity contribution in [2.45, 2.75) is 20.0 Å². The lowest BCUT2D eigenvalue weighted by Gasteiger charge is -2.20. The number of carbonyl (C=O) groups is 1. The largest absolute Gasteiger partial charge is 0.496 e. The maximum Gasteiger partial charge on any atom is 0.333 e. The Morgan fingerprint density at radius 2 is 1.93 bits per heavy atom. The van der Waals surface area contributed by atoms with E-state index in [-0.39, 0.29) is 13.2 Å². The molecule has 0 bridgehead atoms. The van der Waals surface area contributed by atoms with Crippen LogP contribution in [0.2, 0.25) is 0 Å².